The van der Waals surface area contributed by atoms with E-state index in [4.69, 9.17) is 0 Å². The molecule has 0 saturated carbocycles. The quantitative estimate of drug-likeness (QED) is 0.851. The molecule has 0 spiro atoms. The molecule has 0 amide bonds. The van der Waals surface area contributed by atoms with Crippen LogP contribution in [-0.2, 0) is 23.1 Å². The summed E-state index contributed by atoms with van der Waals surface area (Å²) >= 11 is 0. The second-order valence-corrected chi connectivity index (χ2v) is 6.85. The Kier molecular flexibility index (Phi) is 3.14. The maximum atomic E-state index is 13.1. The van der Waals surface area contributed by atoms with Crippen LogP contribution in [-0.4, -0.2) is 23.8 Å². The highest BCUT2D eigenvalue weighted by Crippen LogP contribution is 2.24. The second kappa shape index (κ2) is 4.71. The van der Waals surface area contributed by atoms with Crippen LogP contribution < -0.4 is 0 Å². The summed E-state index contributed by atoms with van der Waals surface area (Å²) in [6.45, 7) is 3.04. The molecule has 20 heavy (non-hydrogen) atoms. The number of rotatable bonds is 2. The molecule has 2 aromatic rings. The zero-order valence-corrected chi connectivity index (χ0v) is 11.9. The van der Waals surface area contributed by atoms with Gasteiger partial charge in [0.05, 0.1) is 11.4 Å². The molecule has 0 bridgehead atoms. The number of aromatic nitrogens is 1. The molecule has 1 aliphatic heterocycles. The average molecular weight is 294 g/mol. The van der Waals surface area contributed by atoms with Crippen LogP contribution in [0.2, 0.25) is 0 Å². The number of fused-ring (bicyclic) bond motifs is 1. The minimum Gasteiger partial charge on any atom is -0.349 e. The highest BCUT2D eigenvalue weighted by Gasteiger charge is 2.29. The predicted molar refractivity (Wildman–Crippen MR) is 73.2 cm³/mol. The number of hydrogen-bond acceptors (Lipinski definition) is 2. The number of hydrogen-bond donors (Lipinski definition) is 0. The summed E-state index contributed by atoms with van der Waals surface area (Å²) in [4.78, 5) is 0.180. The number of halogens is 1. The molecule has 1 aromatic heterocycles. The van der Waals surface area contributed by atoms with Crippen LogP contribution in [0.4, 0.5) is 4.39 Å². The summed E-state index contributed by atoms with van der Waals surface area (Å²) in [6, 6.07) is 7.60. The largest absolute Gasteiger partial charge is 0.349 e. The molecule has 0 unspecified atom stereocenters. The third-order valence-electron chi connectivity index (χ3n) is 3.61. The number of benzene rings is 1. The molecule has 0 fully saturated rings. The summed E-state index contributed by atoms with van der Waals surface area (Å²) in [5, 5.41) is 0. The van der Waals surface area contributed by atoms with Crippen LogP contribution in [0.25, 0.3) is 0 Å². The van der Waals surface area contributed by atoms with Crippen LogP contribution in [0.1, 0.15) is 11.3 Å². The SMILES string of the molecule is Cc1cc(F)ccc1S(=O)(=O)N1CCn2cccc2C1. The first-order valence-electron chi connectivity index (χ1n) is 6.39. The summed E-state index contributed by atoms with van der Waals surface area (Å²) < 4.78 is 41.9. The lowest BCUT2D eigenvalue weighted by molar-refractivity contribution is 0.341. The van der Waals surface area contributed by atoms with Crippen molar-refractivity contribution >= 4 is 10.0 Å². The molecule has 1 aromatic carbocycles. The first-order chi connectivity index (χ1) is 9.48. The van der Waals surface area contributed by atoms with E-state index >= 15 is 0 Å². The lowest BCUT2D eigenvalue weighted by atomic mass is 10.2. The second-order valence-electron chi connectivity index (χ2n) is 4.94. The van der Waals surface area contributed by atoms with E-state index in [-0.39, 0.29) is 4.90 Å². The fourth-order valence-electron chi connectivity index (χ4n) is 2.54. The third kappa shape index (κ3) is 2.14. The van der Waals surface area contributed by atoms with E-state index in [0.29, 0.717) is 25.2 Å². The molecule has 0 atom stereocenters. The van der Waals surface area contributed by atoms with E-state index in [0.717, 1.165) is 5.69 Å². The van der Waals surface area contributed by atoms with Gasteiger partial charge in [-0.3, -0.25) is 0 Å². The molecule has 106 valence electrons. The van der Waals surface area contributed by atoms with Gasteiger partial charge in [-0.2, -0.15) is 4.31 Å². The molecule has 1 aliphatic rings. The van der Waals surface area contributed by atoms with E-state index in [1.165, 1.54) is 22.5 Å². The molecule has 0 radical (unpaired) electrons. The van der Waals surface area contributed by atoms with Crippen LogP contribution in [0.3, 0.4) is 0 Å². The van der Waals surface area contributed by atoms with Crippen molar-refractivity contribution in [1.82, 2.24) is 8.87 Å². The monoisotopic (exact) mass is 294 g/mol. The van der Waals surface area contributed by atoms with Gasteiger partial charge in [0.25, 0.3) is 0 Å². The van der Waals surface area contributed by atoms with Gasteiger partial charge in [-0.05, 0) is 42.8 Å². The van der Waals surface area contributed by atoms with E-state index in [9.17, 15) is 12.8 Å². The smallest absolute Gasteiger partial charge is 0.243 e. The van der Waals surface area contributed by atoms with Crippen molar-refractivity contribution in [3.05, 3.63) is 53.6 Å². The first kappa shape index (κ1) is 13.3. The van der Waals surface area contributed by atoms with Gasteiger partial charge in [0, 0.05) is 25.0 Å². The van der Waals surface area contributed by atoms with Crippen molar-refractivity contribution in [2.45, 2.75) is 24.9 Å². The number of nitrogens with zero attached hydrogens (tertiary/aromatic N) is 2. The van der Waals surface area contributed by atoms with Crippen molar-refractivity contribution in [3.63, 3.8) is 0 Å². The summed E-state index contributed by atoms with van der Waals surface area (Å²) in [6.07, 6.45) is 1.95. The van der Waals surface area contributed by atoms with Crippen molar-refractivity contribution in [2.24, 2.45) is 0 Å². The minimum atomic E-state index is -3.58. The van der Waals surface area contributed by atoms with Crippen molar-refractivity contribution in [1.29, 1.82) is 0 Å². The van der Waals surface area contributed by atoms with Gasteiger partial charge in [-0.15, -0.1) is 0 Å². The Morgan fingerprint density at radius 3 is 2.75 bits per heavy atom. The van der Waals surface area contributed by atoms with E-state index in [1.807, 2.05) is 22.9 Å². The van der Waals surface area contributed by atoms with Crippen LogP contribution in [0.5, 0.6) is 0 Å². The fourth-order valence-corrected chi connectivity index (χ4v) is 4.14. The van der Waals surface area contributed by atoms with Gasteiger partial charge in [-0.25, -0.2) is 12.8 Å². The summed E-state index contributed by atoms with van der Waals surface area (Å²) in [5.74, 6) is -0.422. The van der Waals surface area contributed by atoms with E-state index in [2.05, 4.69) is 0 Å². The molecular weight excluding hydrogens is 279 g/mol. The predicted octanol–water partition coefficient (Wildman–Crippen LogP) is 2.14. The fraction of sp³-hybridized carbons (Fsp3) is 0.286. The van der Waals surface area contributed by atoms with Gasteiger partial charge < -0.3 is 4.57 Å². The molecule has 2 heterocycles. The van der Waals surface area contributed by atoms with Crippen molar-refractivity contribution in [2.75, 3.05) is 6.54 Å². The highest BCUT2D eigenvalue weighted by atomic mass is 32.2. The van der Waals surface area contributed by atoms with Gasteiger partial charge in [-0.1, -0.05) is 0 Å². The van der Waals surface area contributed by atoms with Crippen molar-refractivity contribution < 1.29 is 12.8 Å². The third-order valence-corrected chi connectivity index (χ3v) is 5.61. The minimum absolute atomic E-state index is 0.180. The Balaban J connectivity index is 1.97. The molecule has 0 aliphatic carbocycles. The lowest BCUT2D eigenvalue weighted by Crippen LogP contribution is -2.38. The number of aryl methyl sites for hydroxylation is 1. The summed E-state index contributed by atoms with van der Waals surface area (Å²) in [5.41, 5.74) is 1.41. The Bertz CT molecular complexity index is 752. The Morgan fingerprint density at radius 1 is 1.20 bits per heavy atom. The van der Waals surface area contributed by atoms with Gasteiger partial charge in [0.2, 0.25) is 10.0 Å². The Hall–Kier alpha value is -1.66. The van der Waals surface area contributed by atoms with Crippen LogP contribution in [0, 0.1) is 12.7 Å². The maximum absolute atomic E-state index is 13.1. The van der Waals surface area contributed by atoms with Crippen molar-refractivity contribution in [3.8, 4) is 0 Å². The highest BCUT2D eigenvalue weighted by molar-refractivity contribution is 7.89. The van der Waals surface area contributed by atoms with Crippen LogP contribution in [0.15, 0.2) is 41.4 Å². The molecule has 6 heteroatoms. The molecule has 0 saturated heterocycles. The standard InChI is InChI=1S/C14H15FN2O2S/c1-11-9-12(15)4-5-14(11)20(18,19)17-8-7-16-6-2-3-13(16)10-17/h2-6,9H,7-8,10H2,1H3. The van der Waals surface area contributed by atoms with Gasteiger partial charge in [0.15, 0.2) is 0 Å². The van der Waals surface area contributed by atoms with Gasteiger partial charge >= 0.3 is 0 Å². The molecule has 3 rings (SSSR count). The topological polar surface area (TPSA) is 42.3 Å². The molecule has 4 nitrogen and oxygen atoms in total. The lowest BCUT2D eigenvalue weighted by Gasteiger charge is -2.28. The van der Waals surface area contributed by atoms with E-state index in [1.54, 1.807) is 6.92 Å². The average Bonchev–Trinajstić information content (AvgIpc) is 2.85. The zero-order valence-electron chi connectivity index (χ0n) is 11.1. The normalized spacial score (nSPS) is 16.1. The Morgan fingerprint density at radius 2 is 2.00 bits per heavy atom. The number of sulfonamides is 1. The Labute approximate surface area is 117 Å². The van der Waals surface area contributed by atoms with E-state index < -0.39 is 15.8 Å². The molecule has 0 N–H and O–H groups in total. The van der Waals surface area contributed by atoms with Crippen LogP contribution >= 0.6 is 0 Å². The van der Waals surface area contributed by atoms with Gasteiger partial charge in [0.1, 0.15) is 5.82 Å². The summed E-state index contributed by atoms with van der Waals surface area (Å²) in [7, 11) is -3.58. The maximum Gasteiger partial charge on any atom is 0.243 e. The zero-order chi connectivity index (χ0) is 14.3. The molecular formula is C14H15FN2O2S. The first-order valence-corrected chi connectivity index (χ1v) is 7.83.